The first-order valence-corrected chi connectivity index (χ1v) is 5.59. The third-order valence-electron chi connectivity index (χ3n) is 1.83. The third kappa shape index (κ3) is 3.06. The van der Waals surface area contributed by atoms with Gasteiger partial charge in [0.2, 0.25) is 0 Å². The van der Waals surface area contributed by atoms with E-state index in [1.807, 2.05) is 0 Å². The van der Waals surface area contributed by atoms with E-state index in [9.17, 15) is 26.4 Å². The lowest BCUT2D eigenvalue weighted by Crippen LogP contribution is -2.34. The molecule has 1 heterocycles. The predicted molar refractivity (Wildman–Crippen MR) is 43.2 cm³/mol. The zero-order valence-electron chi connectivity index (χ0n) is 7.78. The van der Waals surface area contributed by atoms with Crippen LogP contribution in [0.3, 0.4) is 0 Å². The molecule has 1 unspecified atom stereocenters. The molecule has 94 valence electrons. The zero-order valence-corrected chi connectivity index (χ0v) is 8.60. The van der Waals surface area contributed by atoms with E-state index in [4.69, 9.17) is 0 Å². The fourth-order valence-corrected chi connectivity index (χ4v) is 1.29. The Hall–Kier alpha value is -0.870. The number of hydrogen-bond acceptors (Lipinski definition) is 6. The van der Waals surface area contributed by atoms with Crippen LogP contribution in [-0.4, -0.2) is 32.5 Å². The minimum atomic E-state index is -5.89. The van der Waals surface area contributed by atoms with Gasteiger partial charge in [0.1, 0.15) is 6.04 Å². The molecule has 16 heavy (non-hydrogen) atoms. The maximum Gasteiger partial charge on any atom is 0.526 e. The van der Waals surface area contributed by atoms with Crippen molar-refractivity contribution in [3.63, 3.8) is 0 Å². The number of carbonyl (C=O) groups excluding carboxylic acids is 1. The van der Waals surface area contributed by atoms with Crippen LogP contribution in [0.25, 0.3) is 0 Å². The van der Waals surface area contributed by atoms with E-state index in [0.717, 1.165) is 0 Å². The van der Waals surface area contributed by atoms with E-state index >= 15 is 0 Å². The first-order chi connectivity index (χ1) is 7.24. The average Bonchev–Trinajstić information content (AvgIpc) is 2.65. The van der Waals surface area contributed by atoms with Crippen LogP contribution in [0.2, 0.25) is 0 Å². The van der Waals surface area contributed by atoms with E-state index in [0.29, 0.717) is 19.4 Å². The van der Waals surface area contributed by atoms with Crippen LogP contribution >= 0.6 is 0 Å². The molecule has 0 saturated carbocycles. The highest BCUT2D eigenvalue weighted by molar-refractivity contribution is 7.87. The van der Waals surface area contributed by atoms with Crippen LogP contribution in [-0.2, 0) is 24.1 Å². The van der Waals surface area contributed by atoms with Gasteiger partial charge < -0.3 is 5.32 Å². The number of hydrogen-bond donors (Lipinski definition) is 1. The molecule has 0 aromatic carbocycles. The Morgan fingerprint density at radius 3 is 2.44 bits per heavy atom. The quantitative estimate of drug-likeness (QED) is 0.440. The Morgan fingerprint density at radius 1 is 1.38 bits per heavy atom. The summed E-state index contributed by atoms with van der Waals surface area (Å²) < 4.78 is 59.0. The Bertz CT molecular complexity index is 359. The molecule has 1 fully saturated rings. The molecular weight excluding hydrogens is 255 g/mol. The fraction of sp³-hybridized carbons (Fsp3) is 0.833. The van der Waals surface area contributed by atoms with Gasteiger partial charge in [0.25, 0.3) is 0 Å². The SMILES string of the molecule is O=C(OOS(=O)(=O)C(F)(F)F)C1CCCN1. The summed E-state index contributed by atoms with van der Waals surface area (Å²) >= 11 is 0. The zero-order chi connectivity index (χ0) is 12.4. The van der Waals surface area contributed by atoms with Crippen molar-refractivity contribution >= 4 is 16.1 Å². The van der Waals surface area contributed by atoms with E-state index in [1.165, 1.54) is 0 Å². The minimum Gasteiger partial charge on any atom is -0.304 e. The molecule has 6 nitrogen and oxygen atoms in total. The van der Waals surface area contributed by atoms with Gasteiger partial charge in [0, 0.05) is 0 Å². The van der Waals surface area contributed by atoms with E-state index in [-0.39, 0.29) is 0 Å². The van der Waals surface area contributed by atoms with Gasteiger partial charge in [0.05, 0.1) is 0 Å². The Morgan fingerprint density at radius 2 is 2.00 bits per heavy atom. The maximum absolute atomic E-state index is 11.7. The summed E-state index contributed by atoms with van der Waals surface area (Å²) in [6.45, 7) is 0.506. The third-order valence-corrected chi connectivity index (χ3v) is 2.65. The van der Waals surface area contributed by atoms with Crippen molar-refractivity contribution in [1.29, 1.82) is 0 Å². The molecule has 1 atom stereocenters. The van der Waals surface area contributed by atoms with Gasteiger partial charge in [-0.2, -0.15) is 21.6 Å². The van der Waals surface area contributed by atoms with Crippen molar-refractivity contribution in [3.05, 3.63) is 0 Å². The molecule has 1 N–H and O–H groups in total. The largest absolute Gasteiger partial charge is 0.526 e. The number of alkyl halides is 3. The van der Waals surface area contributed by atoms with Gasteiger partial charge in [0.15, 0.2) is 0 Å². The molecule has 0 radical (unpaired) electrons. The van der Waals surface area contributed by atoms with Crippen molar-refractivity contribution in [2.45, 2.75) is 24.4 Å². The molecular formula is C6H8F3NO5S. The molecule has 1 aliphatic heterocycles. The second kappa shape index (κ2) is 4.55. The van der Waals surface area contributed by atoms with Crippen molar-refractivity contribution in [2.24, 2.45) is 0 Å². The van der Waals surface area contributed by atoms with Gasteiger partial charge in [-0.1, -0.05) is 0 Å². The molecule has 1 aliphatic rings. The van der Waals surface area contributed by atoms with E-state index in [1.54, 1.807) is 0 Å². The molecule has 0 aromatic rings. The van der Waals surface area contributed by atoms with Crippen LogP contribution in [0.1, 0.15) is 12.8 Å². The van der Waals surface area contributed by atoms with Crippen LogP contribution in [0.4, 0.5) is 13.2 Å². The Balaban J connectivity index is 2.48. The molecule has 0 bridgehead atoms. The average molecular weight is 263 g/mol. The molecule has 1 rings (SSSR count). The van der Waals surface area contributed by atoms with Crippen LogP contribution in [0.15, 0.2) is 0 Å². The molecule has 1 saturated heterocycles. The number of rotatable bonds is 3. The van der Waals surface area contributed by atoms with Gasteiger partial charge in [-0.3, -0.25) is 4.89 Å². The van der Waals surface area contributed by atoms with Crippen LogP contribution in [0, 0.1) is 0 Å². The Kier molecular flexibility index (Phi) is 3.76. The van der Waals surface area contributed by atoms with E-state index < -0.39 is 27.6 Å². The predicted octanol–water partition coefficient (Wildman–Crippen LogP) is 0.0628. The lowest BCUT2D eigenvalue weighted by atomic mass is 10.2. The minimum absolute atomic E-state index is 0.355. The first-order valence-electron chi connectivity index (χ1n) is 4.19. The molecule has 0 aliphatic carbocycles. The topological polar surface area (TPSA) is 81.7 Å². The van der Waals surface area contributed by atoms with E-state index in [2.05, 4.69) is 14.5 Å². The highest BCUT2D eigenvalue weighted by atomic mass is 32.2. The van der Waals surface area contributed by atoms with Gasteiger partial charge in [-0.15, -0.1) is 0 Å². The lowest BCUT2D eigenvalue weighted by molar-refractivity contribution is -0.219. The van der Waals surface area contributed by atoms with Crippen molar-refractivity contribution in [3.8, 4) is 0 Å². The summed E-state index contributed by atoms with van der Waals surface area (Å²) in [6.07, 6.45) is 1.00. The van der Waals surface area contributed by atoms with Gasteiger partial charge >= 0.3 is 21.6 Å². The number of carbonyl (C=O) groups is 1. The van der Waals surface area contributed by atoms with Crippen molar-refractivity contribution in [1.82, 2.24) is 5.32 Å². The summed E-state index contributed by atoms with van der Waals surface area (Å²) in [7, 11) is -5.89. The fourth-order valence-electron chi connectivity index (χ4n) is 1.06. The van der Waals surface area contributed by atoms with Crippen molar-refractivity contribution in [2.75, 3.05) is 6.54 Å². The molecule has 0 aromatic heterocycles. The second-order valence-corrected chi connectivity index (χ2v) is 4.53. The van der Waals surface area contributed by atoms with Crippen LogP contribution in [0.5, 0.6) is 0 Å². The standard InChI is InChI=1S/C6H8F3NO5S/c7-6(8,9)16(12,13)15-14-5(11)4-2-1-3-10-4/h4,10H,1-3H2. The monoisotopic (exact) mass is 263 g/mol. The smallest absolute Gasteiger partial charge is 0.304 e. The molecule has 0 amide bonds. The maximum atomic E-state index is 11.7. The number of halogens is 3. The summed E-state index contributed by atoms with van der Waals surface area (Å²) in [5, 5.41) is 2.60. The second-order valence-electron chi connectivity index (χ2n) is 3.02. The highest BCUT2D eigenvalue weighted by Crippen LogP contribution is 2.24. The van der Waals surface area contributed by atoms with Gasteiger partial charge in [-0.25, -0.2) is 4.79 Å². The molecule has 10 heteroatoms. The highest BCUT2D eigenvalue weighted by Gasteiger charge is 2.49. The summed E-state index contributed by atoms with van der Waals surface area (Å²) in [4.78, 5) is 14.6. The van der Waals surface area contributed by atoms with Crippen molar-refractivity contribution < 1.29 is 35.6 Å². The summed E-state index contributed by atoms with van der Waals surface area (Å²) in [5.74, 6) is -1.19. The normalized spacial score (nSPS) is 22.1. The van der Waals surface area contributed by atoms with Crippen LogP contribution < -0.4 is 5.32 Å². The Labute approximate surface area is 88.8 Å². The van der Waals surface area contributed by atoms with Gasteiger partial charge in [-0.05, 0) is 23.7 Å². The molecule has 0 spiro atoms. The summed E-state index contributed by atoms with van der Waals surface area (Å²) in [6, 6.07) is -0.830. The lowest BCUT2D eigenvalue weighted by Gasteiger charge is -2.09. The first kappa shape index (κ1) is 13.2. The number of nitrogens with one attached hydrogen (secondary N) is 1. The summed E-state index contributed by atoms with van der Waals surface area (Å²) in [5.41, 5.74) is -5.61.